The van der Waals surface area contributed by atoms with Crippen molar-refractivity contribution in [2.45, 2.75) is 32.2 Å². The summed E-state index contributed by atoms with van der Waals surface area (Å²) in [5.74, 6) is 1.89. The average molecular weight is 377 g/mol. The van der Waals surface area contributed by atoms with Gasteiger partial charge >= 0.3 is 0 Å². The van der Waals surface area contributed by atoms with Crippen LogP contribution in [-0.2, 0) is 11.3 Å². The van der Waals surface area contributed by atoms with Crippen LogP contribution in [0, 0.1) is 0 Å². The topological polar surface area (TPSA) is 42.7 Å². The molecule has 1 aromatic heterocycles. The Hall–Kier alpha value is -3.01. The fourth-order valence-corrected chi connectivity index (χ4v) is 3.50. The van der Waals surface area contributed by atoms with Crippen LogP contribution in [0.5, 0.6) is 5.75 Å². The number of carbonyl (C=O) groups excluding carboxylic acids is 1. The molecule has 146 valence electrons. The zero-order valence-corrected chi connectivity index (χ0v) is 16.5. The van der Waals surface area contributed by atoms with Crippen molar-refractivity contribution in [1.29, 1.82) is 0 Å². The molecular formula is C24H27NO3. The monoisotopic (exact) mass is 377 g/mol. The Bertz CT molecular complexity index is 859. The number of methoxy groups -OCH3 is 1. The number of hydrogen-bond donors (Lipinski definition) is 0. The molecule has 0 unspecified atom stereocenters. The molecule has 3 aromatic rings. The highest BCUT2D eigenvalue weighted by molar-refractivity contribution is 5.75. The predicted molar refractivity (Wildman–Crippen MR) is 110 cm³/mol. The zero-order chi connectivity index (χ0) is 19.8. The summed E-state index contributed by atoms with van der Waals surface area (Å²) in [6.45, 7) is 3.17. The van der Waals surface area contributed by atoms with E-state index in [0.717, 1.165) is 29.1 Å². The van der Waals surface area contributed by atoms with E-state index in [1.165, 1.54) is 0 Å². The van der Waals surface area contributed by atoms with Gasteiger partial charge in [0.25, 0.3) is 0 Å². The molecule has 0 saturated heterocycles. The van der Waals surface area contributed by atoms with E-state index in [4.69, 9.17) is 9.15 Å². The molecule has 0 spiro atoms. The minimum Gasteiger partial charge on any atom is -0.496 e. The molecule has 1 heterocycles. The molecule has 4 nitrogen and oxygen atoms in total. The smallest absolute Gasteiger partial charge is 0.222 e. The molecule has 0 saturated carbocycles. The van der Waals surface area contributed by atoms with Gasteiger partial charge in [-0.2, -0.15) is 0 Å². The van der Waals surface area contributed by atoms with Gasteiger partial charge in [-0.25, -0.2) is 0 Å². The van der Waals surface area contributed by atoms with E-state index in [1.807, 2.05) is 60.4 Å². The molecule has 0 aliphatic heterocycles. The third kappa shape index (κ3) is 4.83. The number of amides is 1. The number of furan rings is 1. The highest BCUT2D eigenvalue weighted by atomic mass is 16.5. The van der Waals surface area contributed by atoms with Gasteiger partial charge in [0, 0.05) is 31.0 Å². The minimum absolute atomic E-state index is 0.0223. The first-order valence-electron chi connectivity index (χ1n) is 9.71. The van der Waals surface area contributed by atoms with Crippen molar-refractivity contribution < 1.29 is 13.9 Å². The number of benzene rings is 2. The van der Waals surface area contributed by atoms with Crippen molar-refractivity contribution in [3.05, 3.63) is 89.9 Å². The van der Waals surface area contributed by atoms with Gasteiger partial charge in [0.15, 0.2) is 0 Å². The van der Waals surface area contributed by atoms with Gasteiger partial charge in [-0.1, -0.05) is 55.5 Å². The maximum atomic E-state index is 12.6. The van der Waals surface area contributed by atoms with E-state index in [-0.39, 0.29) is 11.8 Å². The second-order valence-corrected chi connectivity index (χ2v) is 6.75. The Morgan fingerprint density at radius 1 is 1.04 bits per heavy atom. The van der Waals surface area contributed by atoms with Crippen LogP contribution in [0.4, 0.5) is 0 Å². The number of ether oxygens (including phenoxy) is 1. The molecular weight excluding hydrogens is 350 g/mol. The second kappa shape index (κ2) is 9.79. The summed E-state index contributed by atoms with van der Waals surface area (Å²) in [4.78, 5) is 14.5. The standard InChI is InChI=1S/C24H27NO3/c1-3-24(26)25(18-19-10-5-4-6-11-19)16-15-21(23-14-9-17-28-23)20-12-7-8-13-22(20)27-2/h4-14,17,21H,3,15-16,18H2,1-2H3/t21-/m0/s1. The van der Waals surface area contributed by atoms with Crippen LogP contribution in [0.1, 0.15) is 42.6 Å². The van der Waals surface area contributed by atoms with Crippen LogP contribution in [0.2, 0.25) is 0 Å². The quantitative estimate of drug-likeness (QED) is 0.511. The molecule has 0 fully saturated rings. The number of carbonyl (C=O) groups is 1. The van der Waals surface area contributed by atoms with E-state index in [1.54, 1.807) is 13.4 Å². The lowest BCUT2D eigenvalue weighted by Crippen LogP contribution is -2.31. The third-order valence-corrected chi connectivity index (χ3v) is 4.96. The first-order valence-corrected chi connectivity index (χ1v) is 9.71. The maximum absolute atomic E-state index is 12.6. The molecule has 0 aliphatic carbocycles. The molecule has 1 atom stereocenters. The lowest BCUT2D eigenvalue weighted by molar-refractivity contribution is -0.131. The predicted octanol–water partition coefficient (Wildman–Crippen LogP) is 5.25. The summed E-state index contributed by atoms with van der Waals surface area (Å²) in [7, 11) is 1.68. The number of hydrogen-bond acceptors (Lipinski definition) is 3. The van der Waals surface area contributed by atoms with Crippen molar-refractivity contribution in [2.75, 3.05) is 13.7 Å². The SMILES string of the molecule is CCC(=O)N(CC[C@H](c1ccco1)c1ccccc1OC)Cc1ccccc1. The molecule has 3 rings (SSSR count). The summed E-state index contributed by atoms with van der Waals surface area (Å²) in [6.07, 6.45) is 2.94. The van der Waals surface area contributed by atoms with Gasteiger partial charge in [0.1, 0.15) is 11.5 Å². The summed E-state index contributed by atoms with van der Waals surface area (Å²) >= 11 is 0. The van der Waals surface area contributed by atoms with Crippen molar-refractivity contribution in [1.82, 2.24) is 4.90 Å². The average Bonchev–Trinajstić information content (AvgIpc) is 3.28. The highest BCUT2D eigenvalue weighted by Gasteiger charge is 2.23. The van der Waals surface area contributed by atoms with Crippen LogP contribution in [0.3, 0.4) is 0 Å². The van der Waals surface area contributed by atoms with Crippen LogP contribution in [-0.4, -0.2) is 24.5 Å². The van der Waals surface area contributed by atoms with Gasteiger partial charge in [-0.15, -0.1) is 0 Å². The lowest BCUT2D eigenvalue weighted by Gasteiger charge is -2.25. The molecule has 4 heteroatoms. The van der Waals surface area contributed by atoms with Crippen molar-refractivity contribution in [3.8, 4) is 5.75 Å². The van der Waals surface area contributed by atoms with Crippen LogP contribution in [0.25, 0.3) is 0 Å². The largest absolute Gasteiger partial charge is 0.496 e. The molecule has 0 aliphatic rings. The van der Waals surface area contributed by atoms with Gasteiger partial charge in [0.05, 0.1) is 13.4 Å². The third-order valence-electron chi connectivity index (χ3n) is 4.96. The second-order valence-electron chi connectivity index (χ2n) is 6.75. The van der Waals surface area contributed by atoms with Gasteiger partial charge < -0.3 is 14.1 Å². The van der Waals surface area contributed by atoms with Crippen molar-refractivity contribution >= 4 is 5.91 Å². The summed E-state index contributed by atoms with van der Waals surface area (Å²) in [5, 5.41) is 0. The Kier molecular flexibility index (Phi) is 6.90. The summed E-state index contributed by atoms with van der Waals surface area (Å²) in [6, 6.07) is 22.0. The molecule has 1 amide bonds. The van der Waals surface area contributed by atoms with Crippen molar-refractivity contribution in [2.24, 2.45) is 0 Å². The fraction of sp³-hybridized carbons (Fsp3) is 0.292. The zero-order valence-electron chi connectivity index (χ0n) is 16.5. The van der Waals surface area contributed by atoms with Crippen molar-refractivity contribution in [3.63, 3.8) is 0 Å². The highest BCUT2D eigenvalue weighted by Crippen LogP contribution is 2.34. The van der Waals surface area contributed by atoms with Gasteiger partial charge in [-0.3, -0.25) is 4.79 Å². The number of para-hydroxylation sites is 1. The fourth-order valence-electron chi connectivity index (χ4n) is 3.50. The summed E-state index contributed by atoms with van der Waals surface area (Å²) in [5.41, 5.74) is 2.21. The Morgan fingerprint density at radius 2 is 1.79 bits per heavy atom. The van der Waals surface area contributed by atoms with Gasteiger partial charge in [-0.05, 0) is 30.2 Å². The van der Waals surface area contributed by atoms with E-state index in [0.29, 0.717) is 19.5 Å². The normalized spacial score (nSPS) is 11.8. The first-order chi connectivity index (χ1) is 13.7. The van der Waals surface area contributed by atoms with E-state index in [9.17, 15) is 4.79 Å². The lowest BCUT2D eigenvalue weighted by atomic mass is 9.92. The van der Waals surface area contributed by atoms with Gasteiger partial charge in [0.2, 0.25) is 5.91 Å². The molecule has 0 radical (unpaired) electrons. The molecule has 0 bridgehead atoms. The Morgan fingerprint density at radius 3 is 2.46 bits per heavy atom. The number of nitrogens with zero attached hydrogens (tertiary/aromatic N) is 1. The van der Waals surface area contributed by atoms with Crippen LogP contribution in [0.15, 0.2) is 77.4 Å². The first kappa shape index (κ1) is 19.7. The Balaban J connectivity index is 1.82. The molecule has 0 N–H and O–H groups in total. The van der Waals surface area contributed by atoms with E-state index in [2.05, 4.69) is 18.2 Å². The maximum Gasteiger partial charge on any atom is 0.222 e. The number of rotatable bonds is 9. The minimum atomic E-state index is 0.0223. The van der Waals surface area contributed by atoms with Crippen LogP contribution < -0.4 is 4.74 Å². The van der Waals surface area contributed by atoms with Crippen LogP contribution >= 0.6 is 0 Å². The molecule has 28 heavy (non-hydrogen) atoms. The van der Waals surface area contributed by atoms with E-state index < -0.39 is 0 Å². The summed E-state index contributed by atoms with van der Waals surface area (Å²) < 4.78 is 11.3. The Labute approximate surface area is 166 Å². The van der Waals surface area contributed by atoms with E-state index >= 15 is 0 Å². The molecule has 2 aromatic carbocycles.